The van der Waals surface area contributed by atoms with Gasteiger partial charge in [0, 0.05) is 18.8 Å². The first-order valence-corrected chi connectivity index (χ1v) is 8.11. The molecule has 0 aliphatic carbocycles. The van der Waals surface area contributed by atoms with Crippen molar-refractivity contribution in [3.8, 4) is 0 Å². The molecule has 0 spiro atoms. The van der Waals surface area contributed by atoms with Crippen molar-refractivity contribution in [2.75, 3.05) is 37.2 Å². The standard InChI is InChI=1S/C11H20N4S2/c1-2-12-10-13-14-11(17-10)16-9-8-15-6-4-3-5-7-15/h2-9H2,1H3,(H,12,13). The number of likely N-dealkylation sites (tertiary alicyclic amines) is 1. The number of nitrogens with one attached hydrogen (secondary N) is 1. The Bertz CT molecular complexity index is 323. The Labute approximate surface area is 111 Å². The summed E-state index contributed by atoms with van der Waals surface area (Å²) in [6.45, 7) is 6.72. The third-order valence-corrected chi connectivity index (χ3v) is 4.81. The van der Waals surface area contributed by atoms with Gasteiger partial charge in [0.25, 0.3) is 0 Å². The van der Waals surface area contributed by atoms with Gasteiger partial charge in [0.15, 0.2) is 4.34 Å². The van der Waals surface area contributed by atoms with E-state index in [1.165, 1.54) is 38.9 Å². The molecule has 0 radical (unpaired) electrons. The second-order valence-electron chi connectivity index (χ2n) is 4.15. The topological polar surface area (TPSA) is 41.1 Å². The van der Waals surface area contributed by atoms with Crippen molar-refractivity contribution in [2.24, 2.45) is 0 Å². The first-order valence-electron chi connectivity index (χ1n) is 6.31. The number of nitrogens with zero attached hydrogens (tertiary/aromatic N) is 3. The van der Waals surface area contributed by atoms with Crippen LogP contribution in [-0.4, -0.2) is 47.0 Å². The summed E-state index contributed by atoms with van der Waals surface area (Å²) in [5, 5.41) is 12.4. The van der Waals surface area contributed by atoms with E-state index in [-0.39, 0.29) is 0 Å². The number of hydrogen-bond donors (Lipinski definition) is 1. The summed E-state index contributed by atoms with van der Waals surface area (Å²) >= 11 is 3.48. The van der Waals surface area contributed by atoms with Gasteiger partial charge in [-0.3, -0.25) is 0 Å². The summed E-state index contributed by atoms with van der Waals surface area (Å²) in [6.07, 6.45) is 4.15. The minimum atomic E-state index is 0.910. The van der Waals surface area contributed by atoms with Gasteiger partial charge in [-0.2, -0.15) is 0 Å². The Kier molecular flexibility index (Phi) is 5.54. The largest absolute Gasteiger partial charge is 0.360 e. The van der Waals surface area contributed by atoms with Gasteiger partial charge in [-0.15, -0.1) is 10.2 Å². The molecule has 6 heteroatoms. The van der Waals surface area contributed by atoms with Crippen LogP contribution < -0.4 is 5.32 Å². The van der Waals surface area contributed by atoms with E-state index in [2.05, 4.69) is 27.3 Å². The molecule has 1 aromatic heterocycles. The molecule has 1 N–H and O–H groups in total. The van der Waals surface area contributed by atoms with Crippen molar-refractivity contribution >= 4 is 28.2 Å². The third kappa shape index (κ3) is 4.44. The number of rotatable bonds is 6. The lowest BCUT2D eigenvalue weighted by molar-refractivity contribution is 0.242. The van der Waals surface area contributed by atoms with Crippen LogP contribution in [0.15, 0.2) is 4.34 Å². The quantitative estimate of drug-likeness (QED) is 0.806. The molecule has 1 aliphatic rings. The minimum absolute atomic E-state index is 0.910. The SMILES string of the molecule is CCNc1nnc(SCCN2CCCCC2)s1. The Hall–Kier alpha value is -0.330. The molecule has 4 nitrogen and oxygen atoms in total. The zero-order valence-electron chi connectivity index (χ0n) is 10.3. The lowest BCUT2D eigenvalue weighted by Gasteiger charge is -2.25. The monoisotopic (exact) mass is 272 g/mol. The van der Waals surface area contributed by atoms with Crippen LogP contribution >= 0.6 is 23.1 Å². The van der Waals surface area contributed by atoms with E-state index in [0.717, 1.165) is 21.8 Å². The Morgan fingerprint density at radius 3 is 2.88 bits per heavy atom. The molecule has 0 atom stereocenters. The van der Waals surface area contributed by atoms with E-state index >= 15 is 0 Å². The van der Waals surface area contributed by atoms with E-state index in [4.69, 9.17) is 0 Å². The molecule has 2 heterocycles. The number of aromatic nitrogens is 2. The van der Waals surface area contributed by atoms with E-state index < -0.39 is 0 Å². The maximum atomic E-state index is 4.17. The summed E-state index contributed by atoms with van der Waals surface area (Å²) in [5.41, 5.74) is 0. The van der Waals surface area contributed by atoms with Gasteiger partial charge in [0.05, 0.1) is 0 Å². The highest BCUT2D eigenvalue weighted by atomic mass is 32.2. The van der Waals surface area contributed by atoms with Gasteiger partial charge in [-0.25, -0.2) is 0 Å². The van der Waals surface area contributed by atoms with Crippen LogP contribution in [0, 0.1) is 0 Å². The molecule has 0 saturated carbocycles. The highest BCUT2D eigenvalue weighted by molar-refractivity contribution is 8.01. The average Bonchev–Trinajstić information content (AvgIpc) is 2.79. The summed E-state index contributed by atoms with van der Waals surface area (Å²) in [6, 6.07) is 0. The number of piperidine rings is 1. The van der Waals surface area contributed by atoms with Crippen molar-refractivity contribution in [2.45, 2.75) is 30.5 Å². The van der Waals surface area contributed by atoms with Gasteiger partial charge in [0.2, 0.25) is 5.13 Å². The summed E-state index contributed by atoms with van der Waals surface area (Å²) in [7, 11) is 0. The van der Waals surface area contributed by atoms with E-state index in [1.807, 2.05) is 11.8 Å². The van der Waals surface area contributed by atoms with Crippen molar-refractivity contribution in [3.63, 3.8) is 0 Å². The molecule has 1 fully saturated rings. The summed E-state index contributed by atoms with van der Waals surface area (Å²) < 4.78 is 1.08. The van der Waals surface area contributed by atoms with Crippen LogP contribution in [0.25, 0.3) is 0 Å². The molecular weight excluding hydrogens is 252 g/mol. The molecule has 1 aliphatic heterocycles. The van der Waals surface area contributed by atoms with Crippen LogP contribution in [0.2, 0.25) is 0 Å². The highest BCUT2D eigenvalue weighted by Gasteiger charge is 2.10. The molecule has 0 aromatic carbocycles. The lowest BCUT2D eigenvalue weighted by Crippen LogP contribution is -2.31. The summed E-state index contributed by atoms with van der Waals surface area (Å²) in [4.78, 5) is 2.56. The van der Waals surface area contributed by atoms with Crippen LogP contribution in [-0.2, 0) is 0 Å². The molecule has 96 valence electrons. The lowest BCUT2D eigenvalue weighted by atomic mass is 10.1. The molecule has 0 unspecified atom stereocenters. The highest BCUT2D eigenvalue weighted by Crippen LogP contribution is 2.25. The maximum absolute atomic E-state index is 4.17. The van der Waals surface area contributed by atoms with Gasteiger partial charge in [-0.05, 0) is 32.9 Å². The smallest absolute Gasteiger partial charge is 0.206 e. The fourth-order valence-electron chi connectivity index (χ4n) is 1.94. The zero-order valence-corrected chi connectivity index (χ0v) is 11.9. The first kappa shape index (κ1) is 13.1. The fourth-order valence-corrected chi connectivity index (χ4v) is 3.83. The minimum Gasteiger partial charge on any atom is -0.360 e. The predicted molar refractivity (Wildman–Crippen MR) is 75.1 cm³/mol. The number of anilines is 1. The second-order valence-corrected chi connectivity index (χ2v) is 6.47. The van der Waals surface area contributed by atoms with Crippen LogP contribution in [0.5, 0.6) is 0 Å². The second kappa shape index (κ2) is 7.18. The Morgan fingerprint density at radius 1 is 1.29 bits per heavy atom. The fraction of sp³-hybridized carbons (Fsp3) is 0.818. The van der Waals surface area contributed by atoms with Gasteiger partial charge < -0.3 is 10.2 Å². The van der Waals surface area contributed by atoms with E-state index in [9.17, 15) is 0 Å². The number of hydrogen-bond acceptors (Lipinski definition) is 6. The zero-order chi connectivity index (χ0) is 11.9. The third-order valence-electron chi connectivity index (χ3n) is 2.82. The van der Waals surface area contributed by atoms with E-state index in [0.29, 0.717) is 0 Å². The molecule has 0 bridgehead atoms. The van der Waals surface area contributed by atoms with Crippen LogP contribution in [0.1, 0.15) is 26.2 Å². The van der Waals surface area contributed by atoms with Gasteiger partial charge in [0.1, 0.15) is 0 Å². The van der Waals surface area contributed by atoms with Crippen molar-refractivity contribution < 1.29 is 0 Å². The van der Waals surface area contributed by atoms with Gasteiger partial charge >= 0.3 is 0 Å². The molecule has 2 rings (SSSR count). The normalized spacial score (nSPS) is 17.2. The molecule has 1 saturated heterocycles. The van der Waals surface area contributed by atoms with Crippen LogP contribution in [0.3, 0.4) is 0 Å². The van der Waals surface area contributed by atoms with Gasteiger partial charge in [-0.1, -0.05) is 29.5 Å². The molecule has 17 heavy (non-hydrogen) atoms. The average molecular weight is 272 g/mol. The van der Waals surface area contributed by atoms with Crippen LogP contribution in [0.4, 0.5) is 5.13 Å². The first-order chi connectivity index (χ1) is 8.38. The molecule has 1 aromatic rings. The van der Waals surface area contributed by atoms with E-state index in [1.54, 1.807) is 11.3 Å². The summed E-state index contributed by atoms with van der Waals surface area (Å²) in [5.74, 6) is 1.13. The number of thioether (sulfide) groups is 1. The Balaban J connectivity index is 1.66. The Morgan fingerprint density at radius 2 is 2.12 bits per heavy atom. The van der Waals surface area contributed by atoms with Crippen molar-refractivity contribution in [1.29, 1.82) is 0 Å². The molecular formula is C11H20N4S2. The molecule has 0 amide bonds. The van der Waals surface area contributed by atoms with Crippen molar-refractivity contribution in [3.05, 3.63) is 0 Å². The predicted octanol–water partition coefficient (Wildman–Crippen LogP) is 2.55. The van der Waals surface area contributed by atoms with Crippen molar-refractivity contribution in [1.82, 2.24) is 15.1 Å². The maximum Gasteiger partial charge on any atom is 0.206 e.